The number of anilines is 1. The van der Waals surface area contributed by atoms with Gasteiger partial charge in [0, 0.05) is 31.7 Å². The lowest BCUT2D eigenvalue weighted by molar-refractivity contribution is 0.0963. The number of hydrogen-bond acceptors (Lipinski definition) is 2. The van der Waals surface area contributed by atoms with Gasteiger partial charge < -0.3 is 15.6 Å². The first-order valence-electron chi connectivity index (χ1n) is 5.58. The summed E-state index contributed by atoms with van der Waals surface area (Å²) in [5.74, 6) is -0.190. The van der Waals surface area contributed by atoms with Gasteiger partial charge in [-0.3, -0.25) is 4.79 Å². The van der Waals surface area contributed by atoms with E-state index in [1.165, 1.54) is 0 Å². The lowest BCUT2D eigenvalue weighted by atomic mass is 10.2. The van der Waals surface area contributed by atoms with Gasteiger partial charge >= 0.3 is 0 Å². The second-order valence-corrected chi connectivity index (χ2v) is 4.25. The zero-order chi connectivity index (χ0) is 13.0. The summed E-state index contributed by atoms with van der Waals surface area (Å²) >= 11 is 5.98. The molecule has 1 aromatic carbocycles. The van der Waals surface area contributed by atoms with Crippen molar-refractivity contribution in [2.75, 3.05) is 12.4 Å². The standard InChI is InChI=1S/C13H14ClN3O/c1-15-13(18)11-6-10(2-3-12(11)14)17-8-9-4-5-16-7-9/h2-7,16-17H,8H2,1H3,(H,15,18). The fraction of sp³-hybridized carbons (Fsp3) is 0.154. The lowest BCUT2D eigenvalue weighted by Gasteiger charge is -2.08. The summed E-state index contributed by atoms with van der Waals surface area (Å²) in [7, 11) is 1.58. The topological polar surface area (TPSA) is 56.9 Å². The summed E-state index contributed by atoms with van der Waals surface area (Å²) in [6.07, 6.45) is 3.79. The zero-order valence-electron chi connectivity index (χ0n) is 9.96. The zero-order valence-corrected chi connectivity index (χ0v) is 10.7. The van der Waals surface area contributed by atoms with Crippen LogP contribution in [0, 0.1) is 0 Å². The Kier molecular flexibility index (Phi) is 3.89. The maximum Gasteiger partial charge on any atom is 0.252 e. The molecule has 0 aliphatic rings. The minimum absolute atomic E-state index is 0.190. The van der Waals surface area contributed by atoms with Gasteiger partial charge in [-0.15, -0.1) is 0 Å². The third-order valence-corrected chi connectivity index (χ3v) is 2.93. The van der Waals surface area contributed by atoms with Crippen molar-refractivity contribution in [1.29, 1.82) is 0 Å². The molecule has 0 radical (unpaired) electrons. The molecular weight excluding hydrogens is 250 g/mol. The molecule has 5 heteroatoms. The predicted octanol–water partition coefficient (Wildman–Crippen LogP) is 2.64. The highest BCUT2D eigenvalue weighted by molar-refractivity contribution is 6.34. The molecule has 4 nitrogen and oxygen atoms in total. The number of benzene rings is 1. The highest BCUT2D eigenvalue weighted by Gasteiger charge is 2.09. The van der Waals surface area contributed by atoms with Gasteiger partial charge in [0.2, 0.25) is 0 Å². The molecule has 0 aliphatic carbocycles. The number of aromatic nitrogens is 1. The minimum Gasteiger partial charge on any atom is -0.381 e. The normalized spacial score (nSPS) is 10.1. The SMILES string of the molecule is CNC(=O)c1cc(NCc2cc[nH]c2)ccc1Cl. The third kappa shape index (κ3) is 2.84. The van der Waals surface area contributed by atoms with Gasteiger partial charge in [-0.05, 0) is 29.8 Å². The molecule has 0 unspecified atom stereocenters. The number of halogens is 1. The summed E-state index contributed by atoms with van der Waals surface area (Å²) < 4.78 is 0. The van der Waals surface area contributed by atoms with Gasteiger partial charge in [-0.25, -0.2) is 0 Å². The monoisotopic (exact) mass is 263 g/mol. The minimum atomic E-state index is -0.190. The Bertz CT molecular complexity index is 537. The van der Waals surface area contributed by atoms with Crippen LogP contribution in [0.4, 0.5) is 5.69 Å². The van der Waals surface area contributed by atoms with Crippen LogP contribution in [0.3, 0.4) is 0 Å². The molecule has 1 heterocycles. The van der Waals surface area contributed by atoms with E-state index in [-0.39, 0.29) is 5.91 Å². The van der Waals surface area contributed by atoms with Crippen molar-refractivity contribution in [3.05, 3.63) is 52.8 Å². The maximum absolute atomic E-state index is 11.6. The van der Waals surface area contributed by atoms with Crippen molar-refractivity contribution in [1.82, 2.24) is 10.3 Å². The Morgan fingerprint density at radius 3 is 2.89 bits per heavy atom. The molecule has 0 bridgehead atoms. The predicted molar refractivity (Wildman–Crippen MR) is 73.0 cm³/mol. The molecule has 94 valence electrons. The summed E-state index contributed by atoms with van der Waals surface area (Å²) in [6, 6.07) is 7.30. The fourth-order valence-corrected chi connectivity index (χ4v) is 1.82. The van der Waals surface area contributed by atoms with E-state index >= 15 is 0 Å². The molecule has 1 amide bonds. The van der Waals surface area contributed by atoms with Gasteiger partial charge in [0.1, 0.15) is 0 Å². The number of amides is 1. The highest BCUT2D eigenvalue weighted by atomic mass is 35.5. The molecule has 0 atom stereocenters. The Morgan fingerprint density at radius 1 is 1.39 bits per heavy atom. The van der Waals surface area contributed by atoms with Crippen LogP contribution < -0.4 is 10.6 Å². The van der Waals surface area contributed by atoms with E-state index in [0.29, 0.717) is 17.1 Å². The molecule has 0 fully saturated rings. The Balaban J connectivity index is 2.12. The molecule has 2 aromatic rings. The first kappa shape index (κ1) is 12.5. The first-order valence-corrected chi connectivity index (χ1v) is 5.95. The molecule has 18 heavy (non-hydrogen) atoms. The molecule has 0 saturated heterocycles. The number of aromatic amines is 1. The quantitative estimate of drug-likeness (QED) is 0.794. The van der Waals surface area contributed by atoms with Crippen LogP contribution in [0.25, 0.3) is 0 Å². The Hall–Kier alpha value is -1.94. The Morgan fingerprint density at radius 2 is 2.22 bits per heavy atom. The van der Waals surface area contributed by atoms with Crippen molar-refractivity contribution >= 4 is 23.2 Å². The Labute approximate surface area is 110 Å². The van der Waals surface area contributed by atoms with Crippen LogP contribution >= 0.6 is 11.6 Å². The van der Waals surface area contributed by atoms with Crippen LogP contribution in [0.15, 0.2) is 36.7 Å². The van der Waals surface area contributed by atoms with Gasteiger partial charge in [0.05, 0.1) is 10.6 Å². The summed E-state index contributed by atoms with van der Waals surface area (Å²) in [5.41, 5.74) is 2.48. The number of hydrogen-bond donors (Lipinski definition) is 3. The van der Waals surface area contributed by atoms with Gasteiger partial charge in [-0.1, -0.05) is 11.6 Å². The van der Waals surface area contributed by atoms with E-state index in [9.17, 15) is 4.79 Å². The highest BCUT2D eigenvalue weighted by Crippen LogP contribution is 2.21. The van der Waals surface area contributed by atoms with E-state index in [4.69, 9.17) is 11.6 Å². The first-order chi connectivity index (χ1) is 8.70. The second kappa shape index (κ2) is 5.60. The fourth-order valence-electron chi connectivity index (χ4n) is 1.62. The average Bonchev–Trinajstić information content (AvgIpc) is 2.90. The molecule has 1 aromatic heterocycles. The molecule has 0 aliphatic heterocycles. The number of H-pyrrole nitrogens is 1. The molecular formula is C13H14ClN3O. The molecule has 0 spiro atoms. The van der Waals surface area contributed by atoms with Crippen LogP contribution in [0.2, 0.25) is 5.02 Å². The third-order valence-electron chi connectivity index (χ3n) is 2.60. The van der Waals surface area contributed by atoms with E-state index in [2.05, 4.69) is 15.6 Å². The van der Waals surface area contributed by atoms with Crippen molar-refractivity contribution in [2.45, 2.75) is 6.54 Å². The second-order valence-electron chi connectivity index (χ2n) is 3.85. The number of nitrogens with one attached hydrogen (secondary N) is 3. The largest absolute Gasteiger partial charge is 0.381 e. The number of carbonyl (C=O) groups excluding carboxylic acids is 1. The van der Waals surface area contributed by atoms with Gasteiger partial charge in [0.25, 0.3) is 5.91 Å². The molecule has 2 rings (SSSR count). The summed E-state index contributed by atoms with van der Waals surface area (Å²) in [5, 5.41) is 6.24. The maximum atomic E-state index is 11.6. The smallest absolute Gasteiger partial charge is 0.252 e. The van der Waals surface area contributed by atoms with Crippen molar-refractivity contribution in [3.8, 4) is 0 Å². The van der Waals surface area contributed by atoms with Crippen LogP contribution in [-0.4, -0.2) is 17.9 Å². The summed E-state index contributed by atoms with van der Waals surface area (Å²) in [4.78, 5) is 14.6. The van der Waals surface area contributed by atoms with Crippen molar-refractivity contribution < 1.29 is 4.79 Å². The molecule has 0 saturated carbocycles. The average molecular weight is 264 g/mol. The van der Waals surface area contributed by atoms with E-state index in [0.717, 1.165) is 11.3 Å². The van der Waals surface area contributed by atoms with Crippen molar-refractivity contribution in [2.24, 2.45) is 0 Å². The number of carbonyl (C=O) groups is 1. The van der Waals surface area contributed by atoms with Gasteiger partial charge in [-0.2, -0.15) is 0 Å². The summed E-state index contributed by atoms with van der Waals surface area (Å²) in [6.45, 7) is 0.693. The lowest BCUT2D eigenvalue weighted by Crippen LogP contribution is -2.18. The van der Waals surface area contributed by atoms with E-state index in [1.807, 2.05) is 24.5 Å². The van der Waals surface area contributed by atoms with E-state index < -0.39 is 0 Å². The van der Waals surface area contributed by atoms with E-state index in [1.54, 1.807) is 19.2 Å². The van der Waals surface area contributed by atoms with Crippen LogP contribution in [0.5, 0.6) is 0 Å². The van der Waals surface area contributed by atoms with Gasteiger partial charge in [0.15, 0.2) is 0 Å². The molecule has 3 N–H and O–H groups in total. The van der Waals surface area contributed by atoms with Crippen LogP contribution in [0.1, 0.15) is 15.9 Å². The van der Waals surface area contributed by atoms with Crippen LogP contribution in [-0.2, 0) is 6.54 Å². The number of rotatable bonds is 4. The van der Waals surface area contributed by atoms with Crippen molar-refractivity contribution in [3.63, 3.8) is 0 Å².